The molecule has 0 spiro atoms. The Bertz CT molecular complexity index is 543. The lowest BCUT2D eigenvalue weighted by Gasteiger charge is -2.29. The molecule has 2 saturated carbocycles. The fraction of sp³-hybridized carbons (Fsp3) is 0.588. The fourth-order valence-electron chi connectivity index (χ4n) is 3.06. The van der Waals surface area contributed by atoms with Crippen LogP contribution in [0.3, 0.4) is 0 Å². The van der Waals surface area contributed by atoms with Gasteiger partial charge in [0.1, 0.15) is 5.60 Å². The monoisotopic (exact) mass is 307 g/mol. The Morgan fingerprint density at radius 1 is 1.48 bits per heavy atom. The van der Waals surface area contributed by atoms with Crippen molar-refractivity contribution in [3.05, 3.63) is 34.9 Å². The molecule has 1 aromatic rings. The molecule has 0 aliphatic heterocycles. The number of nitrogens with one attached hydrogen (secondary N) is 1. The number of ether oxygens (including phenoxy) is 1. The molecule has 4 heteroatoms. The highest BCUT2D eigenvalue weighted by Gasteiger charge is 2.51. The number of hydrogen-bond acceptors (Lipinski definition) is 2. The average Bonchev–Trinajstić information content (AvgIpc) is 3.35. The molecule has 0 radical (unpaired) electrons. The Hall–Kier alpha value is -1.06. The van der Waals surface area contributed by atoms with Crippen LogP contribution < -0.4 is 5.32 Å². The summed E-state index contributed by atoms with van der Waals surface area (Å²) in [7, 11) is 1.66. The van der Waals surface area contributed by atoms with Gasteiger partial charge < -0.3 is 10.1 Å². The van der Waals surface area contributed by atoms with Crippen LogP contribution in [0.15, 0.2) is 24.3 Å². The van der Waals surface area contributed by atoms with Crippen molar-refractivity contribution in [2.24, 2.45) is 17.8 Å². The molecule has 0 bridgehead atoms. The van der Waals surface area contributed by atoms with Gasteiger partial charge in [-0.1, -0.05) is 23.7 Å². The van der Waals surface area contributed by atoms with E-state index in [-0.39, 0.29) is 11.8 Å². The molecule has 0 aromatic heterocycles. The van der Waals surface area contributed by atoms with E-state index in [1.54, 1.807) is 7.11 Å². The molecule has 3 atom stereocenters. The summed E-state index contributed by atoms with van der Waals surface area (Å²) in [6, 6.07) is 7.61. The predicted octanol–water partition coefficient (Wildman–Crippen LogP) is 3.36. The zero-order valence-corrected chi connectivity index (χ0v) is 13.3. The molecule has 2 aliphatic rings. The van der Waals surface area contributed by atoms with E-state index >= 15 is 0 Å². The molecule has 0 unspecified atom stereocenters. The summed E-state index contributed by atoms with van der Waals surface area (Å²) in [5.74, 6) is 1.88. The lowest BCUT2D eigenvalue weighted by molar-refractivity contribution is -0.124. The number of carbonyl (C=O) groups excluding carboxylic acids is 1. The van der Waals surface area contributed by atoms with Gasteiger partial charge in [-0.05, 0) is 55.7 Å². The summed E-state index contributed by atoms with van der Waals surface area (Å²) in [6.45, 7) is 2.45. The van der Waals surface area contributed by atoms with Gasteiger partial charge in [0.2, 0.25) is 5.91 Å². The summed E-state index contributed by atoms with van der Waals surface area (Å²) in [6.07, 6.45) is 3.69. The van der Waals surface area contributed by atoms with Crippen molar-refractivity contribution >= 4 is 17.5 Å². The van der Waals surface area contributed by atoms with E-state index in [1.807, 2.05) is 31.2 Å². The average molecular weight is 308 g/mol. The predicted molar refractivity (Wildman–Crippen MR) is 83.1 cm³/mol. The van der Waals surface area contributed by atoms with Gasteiger partial charge in [0.25, 0.3) is 0 Å². The summed E-state index contributed by atoms with van der Waals surface area (Å²) < 4.78 is 5.64. The van der Waals surface area contributed by atoms with Gasteiger partial charge in [-0.25, -0.2) is 0 Å². The highest BCUT2D eigenvalue weighted by molar-refractivity contribution is 6.30. The van der Waals surface area contributed by atoms with E-state index in [0.717, 1.165) is 17.9 Å². The highest BCUT2D eigenvalue weighted by Crippen LogP contribution is 2.54. The van der Waals surface area contributed by atoms with Gasteiger partial charge >= 0.3 is 0 Å². The van der Waals surface area contributed by atoms with E-state index in [1.165, 1.54) is 12.8 Å². The van der Waals surface area contributed by atoms with Crippen LogP contribution in [0.4, 0.5) is 0 Å². The topological polar surface area (TPSA) is 38.3 Å². The minimum Gasteiger partial charge on any atom is -0.372 e. The van der Waals surface area contributed by atoms with Gasteiger partial charge in [0.05, 0.1) is 6.54 Å². The minimum absolute atomic E-state index is 0.178. The van der Waals surface area contributed by atoms with Gasteiger partial charge in [0.15, 0.2) is 0 Å². The van der Waals surface area contributed by atoms with Crippen molar-refractivity contribution in [3.8, 4) is 0 Å². The highest BCUT2D eigenvalue weighted by atomic mass is 35.5. The van der Waals surface area contributed by atoms with Crippen molar-refractivity contribution in [1.82, 2.24) is 5.32 Å². The maximum Gasteiger partial charge on any atom is 0.223 e. The molecular formula is C17H22ClNO2. The molecule has 0 saturated heterocycles. The first-order valence-electron chi connectivity index (χ1n) is 7.62. The third-order valence-corrected chi connectivity index (χ3v) is 5.12. The Morgan fingerprint density at radius 3 is 2.86 bits per heavy atom. The first-order chi connectivity index (χ1) is 10.0. The Morgan fingerprint density at radius 2 is 2.24 bits per heavy atom. The molecule has 1 aromatic carbocycles. The van der Waals surface area contributed by atoms with Gasteiger partial charge in [-0.15, -0.1) is 0 Å². The van der Waals surface area contributed by atoms with Crippen LogP contribution in [0.5, 0.6) is 0 Å². The fourth-order valence-corrected chi connectivity index (χ4v) is 3.25. The Balaban J connectivity index is 1.60. The molecule has 1 amide bonds. The summed E-state index contributed by atoms with van der Waals surface area (Å²) >= 11 is 6.05. The maximum absolute atomic E-state index is 12.2. The maximum atomic E-state index is 12.2. The molecule has 3 rings (SSSR count). The molecule has 2 fully saturated rings. The molecule has 21 heavy (non-hydrogen) atoms. The van der Waals surface area contributed by atoms with Gasteiger partial charge in [-0.3, -0.25) is 4.79 Å². The number of hydrogen-bond donors (Lipinski definition) is 1. The molecule has 114 valence electrons. The van der Waals surface area contributed by atoms with E-state index in [9.17, 15) is 4.79 Å². The van der Waals surface area contributed by atoms with Gasteiger partial charge in [0, 0.05) is 18.1 Å². The molecule has 1 N–H and O–H groups in total. The zero-order valence-electron chi connectivity index (χ0n) is 12.6. The summed E-state index contributed by atoms with van der Waals surface area (Å²) in [5.41, 5.74) is 0.428. The van der Waals surface area contributed by atoms with Crippen molar-refractivity contribution in [3.63, 3.8) is 0 Å². The quantitative estimate of drug-likeness (QED) is 0.875. The van der Waals surface area contributed by atoms with Crippen molar-refractivity contribution in [2.75, 3.05) is 13.7 Å². The van der Waals surface area contributed by atoms with Gasteiger partial charge in [-0.2, -0.15) is 0 Å². The van der Waals surface area contributed by atoms with E-state index < -0.39 is 5.60 Å². The van der Waals surface area contributed by atoms with E-state index in [4.69, 9.17) is 16.3 Å². The smallest absolute Gasteiger partial charge is 0.223 e. The standard InChI is InChI=1S/C17H22ClNO2/c1-17(21-2,12-4-3-5-13(18)8-12)10-19-16(20)15-9-14(15)11-6-7-11/h3-5,8,11,14-15H,6-7,9-10H2,1-2H3,(H,19,20)/t14-,15+,17-/m0/s1. The third kappa shape index (κ3) is 3.24. The number of rotatable bonds is 6. The van der Waals surface area contributed by atoms with E-state index in [0.29, 0.717) is 17.5 Å². The summed E-state index contributed by atoms with van der Waals surface area (Å²) in [4.78, 5) is 12.2. The first kappa shape index (κ1) is 14.9. The van der Waals surface area contributed by atoms with E-state index in [2.05, 4.69) is 5.32 Å². The number of methoxy groups -OCH3 is 1. The van der Waals surface area contributed by atoms with Crippen LogP contribution in [0, 0.1) is 17.8 Å². The molecule has 2 aliphatic carbocycles. The largest absolute Gasteiger partial charge is 0.372 e. The first-order valence-corrected chi connectivity index (χ1v) is 8.00. The van der Waals surface area contributed by atoms with Crippen LogP contribution in [-0.4, -0.2) is 19.6 Å². The minimum atomic E-state index is -0.551. The number of carbonyl (C=O) groups is 1. The SMILES string of the molecule is CO[C@@](C)(CNC(=O)[C@@H]1C[C@H]1C1CC1)c1cccc(Cl)c1. The Labute approximate surface area is 131 Å². The van der Waals surface area contributed by atoms with Crippen molar-refractivity contribution < 1.29 is 9.53 Å². The second kappa shape index (κ2) is 5.62. The summed E-state index contributed by atoms with van der Waals surface area (Å²) in [5, 5.41) is 3.74. The molecule has 3 nitrogen and oxygen atoms in total. The molecular weight excluding hydrogens is 286 g/mol. The third-order valence-electron chi connectivity index (χ3n) is 4.89. The van der Waals surface area contributed by atoms with Crippen LogP contribution in [-0.2, 0) is 15.1 Å². The zero-order chi connectivity index (χ0) is 15.0. The molecule has 0 heterocycles. The van der Waals surface area contributed by atoms with Crippen LogP contribution in [0.2, 0.25) is 5.02 Å². The lowest BCUT2D eigenvalue weighted by atomic mass is 9.95. The van der Waals surface area contributed by atoms with Crippen molar-refractivity contribution in [1.29, 1.82) is 0 Å². The number of amides is 1. The normalized spacial score (nSPS) is 27.0. The lowest BCUT2D eigenvalue weighted by Crippen LogP contribution is -2.40. The Kier molecular flexibility index (Phi) is 3.98. The second-order valence-corrected chi connectivity index (χ2v) is 6.94. The second-order valence-electron chi connectivity index (χ2n) is 6.51. The van der Waals surface area contributed by atoms with Crippen LogP contribution >= 0.6 is 11.6 Å². The number of benzene rings is 1. The van der Waals surface area contributed by atoms with Crippen LogP contribution in [0.1, 0.15) is 31.7 Å². The number of halogens is 1. The van der Waals surface area contributed by atoms with Crippen LogP contribution in [0.25, 0.3) is 0 Å². The van der Waals surface area contributed by atoms with Crippen molar-refractivity contribution in [2.45, 2.75) is 31.8 Å².